The Morgan fingerprint density at radius 1 is 1.21 bits per heavy atom. The van der Waals surface area contributed by atoms with Crippen molar-refractivity contribution in [2.24, 2.45) is 0 Å². The SMILES string of the molecule is Cc1cc(C(=O)c2c[nH]c3nccc(-c4cccc(C=CC(=O)O)c4)c23)no1. The summed E-state index contributed by atoms with van der Waals surface area (Å²) in [5, 5.41) is 13.3. The molecule has 3 aromatic heterocycles. The van der Waals surface area contributed by atoms with Crippen LogP contribution in [0.4, 0.5) is 0 Å². The summed E-state index contributed by atoms with van der Waals surface area (Å²) in [6, 6.07) is 10.8. The third kappa shape index (κ3) is 3.21. The van der Waals surface area contributed by atoms with Gasteiger partial charge in [0, 0.05) is 29.9 Å². The van der Waals surface area contributed by atoms with E-state index < -0.39 is 5.97 Å². The van der Waals surface area contributed by atoms with Crippen LogP contribution in [0.3, 0.4) is 0 Å². The minimum atomic E-state index is -1.02. The normalized spacial score (nSPS) is 11.3. The average molecular weight is 373 g/mol. The van der Waals surface area contributed by atoms with E-state index in [9.17, 15) is 9.59 Å². The van der Waals surface area contributed by atoms with Crippen molar-refractivity contribution >= 4 is 28.9 Å². The topological polar surface area (TPSA) is 109 Å². The Balaban J connectivity index is 1.85. The van der Waals surface area contributed by atoms with Gasteiger partial charge in [-0.1, -0.05) is 23.4 Å². The zero-order valence-corrected chi connectivity index (χ0v) is 14.8. The summed E-state index contributed by atoms with van der Waals surface area (Å²) in [5.74, 6) is -0.725. The van der Waals surface area contributed by atoms with Crippen molar-refractivity contribution in [2.45, 2.75) is 6.92 Å². The van der Waals surface area contributed by atoms with E-state index in [4.69, 9.17) is 9.63 Å². The van der Waals surface area contributed by atoms with Gasteiger partial charge in [-0.25, -0.2) is 9.78 Å². The molecule has 0 unspecified atom stereocenters. The maximum atomic E-state index is 12.9. The van der Waals surface area contributed by atoms with Crippen molar-refractivity contribution in [3.05, 3.63) is 77.4 Å². The monoisotopic (exact) mass is 373 g/mol. The summed E-state index contributed by atoms with van der Waals surface area (Å²) in [7, 11) is 0. The number of carboxylic acid groups (broad SMARTS) is 1. The van der Waals surface area contributed by atoms with Crippen LogP contribution in [0.25, 0.3) is 28.2 Å². The molecule has 7 heteroatoms. The standard InChI is InChI=1S/C21H15N3O4/c1-12-9-17(24-28-12)20(27)16-11-23-21-19(16)15(7-8-22-21)14-4-2-3-13(10-14)5-6-18(25)26/h2-11H,1H3,(H,22,23)(H,25,26). The molecule has 4 rings (SSSR count). The Bertz CT molecular complexity index is 1230. The van der Waals surface area contributed by atoms with Gasteiger partial charge in [-0.05, 0) is 41.8 Å². The van der Waals surface area contributed by atoms with Crippen LogP contribution in [-0.2, 0) is 4.79 Å². The van der Waals surface area contributed by atoms with Crippen LogP contribution < -0.4 is 0 Å². The minimum Gasteiger partial charge on any atom is -0.478 e. The Labute approximate surface area is 159 Å². The van der Waals surface area contributed by atoms with Crippen LogP contribution in [0.15, 0.2) is 59.4 Å². The number of H-pyrrole nitrogens is 1. The highest BCUT2D eigenvalue weighted by Gasteiger charge is 2.20. The molecule has 2 N–H and O–H groups in total. The van der Waals surface area contributed by atoms with Gasteiger partial charge in [0.05, 0.1) is 5.56 Å². The van der Waals surface area contributed by atoms with E-state index in [2.05, 4.69) is 15.1 Å². The quantitative estimate of drug-likeness (QED) is 0.406. The number of ketones is 1. The Hall–Kier alpha value is -4.00. The number of aromatic amines is 1. The molecule has 28 heavy (non-hydrogen) atoms. The molecule has 0 aliphatic carbocycles. The molecule has 0 saturated carbocycles. The van der Waals surface area contributed by atoms with Crippen molar-refractivity contribution in [1.82, 2.24) is 15.1 Å². The van der Waals surface area contributed by atoms with E-state index in [0.29, 0.717) is 22.4 Å². The number of fused-ring (bicyclic) bond motifs is 1. The van der Waals surface area contributed by atoms with E-state index in [-0.39, 0.29) is 11.5 Å². The second-order valence-corrected chi connectivity index (χ2v) is 6.23. The molecule has 7 nitrogen and oxygen atoms in total. The number of pyridine rings is 1. The van der Waals surface area contributed by atoms with Gasteiger partial charge in [-0.2, -0.15) is 0 Å². The predicted octanol–water partition coefficient (Wildman–Crippen LogP) is 3.86. The van der Waals surface area contributed by atoms with Crippen LogP contribution >= 0.6 is 0 Å². The zero-order valence-electron chi connectivity index (χ0n) is 14.8. The molecule has 0 spiro atoms. The third-order valence-corrected chi connectivity index (χ3v) is 4.29. The number of carbonyl (C=O) groups excluding carboxylic acids is 1. The van der Waals surface area contributed by atoms with E-state index in [1.54, 1.807) is 25.4 Å². The van der Waals surface area contributed by atoms with Crippen LogP contribution in [0.1, 0.15) is 27.4 Å². The number of aryl methyl sites for hydroxylation is 1. The van der Waals surface area contributed by atoms with Gasteiger partial charge in [-0.3, -0.25) is 4.79 Å². The summed E-state index contributed by atoms with van der Waals surface area (Å²) in [6.07, 6.45) is 5.87. The number of nitrogens with zero attached hydrogens (tertiary/aromatic N) is 2. The van der Waals surface area contributed by atoms with Gasteiger partial charge in [-0.15, -0.1) is 0 Å². The summed E-state index contributed by atoms with van der Waals surface area (Å²) >= 11 is 0. The number of carboxylic acids is 1. The van der Waals surface area contributed by atoms with Crippen molar-refractivity contribution in [3.63, 3.8) is 0 Å². The number of benzene rings is 1. The number of aromatic nitrogens is 3. The number of rotatable bonds is 5. The van der Waals surface area contributed by atoms with Gasteiger partial charge >= 0.3 is 5.97 Å². The molecule has 0 bridgehead atoms. The molecule has 0 saturated heterocycles. The van der Waals surface area contributed by atoms with E-state index in [0.717, 1.165) is 22.8 Å². The first-order chi connectivity index (χ1) is 13.5. The van der Waals surface area contributed by atoms with Gasteiger partial charge in [0.15, 0.2) is 5.69 Å². The zero-order chi connectivity index (χ0) is 19.7. The van der Waals surface area contributed by atoms with E-state index >= 15 is 0 Å². The van der Waals surface area contributed by atoms with Crippen LogP contribution in [0.2, 0.25) is 0 Å². The third-order valence-electron chi connectivity index (χ3n) is 4.29. The van der Waals surface area contributed by atoms with Crippen LogP contribution in [0, 0.1) is 6.92 Å². The fourth-order valence-electron chi connectivity index (χ4n) is 3.06. The van der Waals surface area contributed by atoms with Gasteiger partial charge in [0.1, 0.15) is 11.4 Å². The summed E-state index contributed by atoms with van der Waals surface area (Å²) in [5.41, 5.74) is 3.63. The second-order valence-electron chi connectivity index (χ2n) is 6.23. The highest BCUT2D eigenvalue weighted by atomic mass is 16.5. The van der Waals surface area contributed by atoms with Crippen molar-refractivity contribution < 1.29 is 19.2 Å². The number of nitrogens with one attached hydrogen (secondary N) is 1. The van der Waals surface area contributed by atoms with E-state index in [1.807, 2.05) is 30.3 Å². The Kier molecular flexibility index (Phi) is 4.33. The Morgan fingerprint density at radius 2 is 2.07 bits per heavy atom. The first-order valence-electron chi connectivity index (χ1n) is 8.48. The first kappa shape index (κ1) is 17.4. The largest absolute Gasteiger partial charge is 0.478 e. The second kappa shape index (κ2) is 6.96. The van der Waals surface area contributed by atoms with Crippen LogP contribution in [0.5, 0.6) is 0 Å². The molecule has 0 aliphatic rings. The average Bonchev–Trinajstić information content (AvgIpc) is 3.32. The highest BCUT2D eigenvalue weighted by Crippen LogP contribution is 2.31. The molecule has 0 aliphatic heterocycles. The fourth-order valence-corrected chi connectivity index (χ4v) is 3.06. The summed E-state index contributed by atoms with van der Waals surface area (Å²) < 4.78 is 5.02. The maximum absolute atomic E-state index is 12.9. The Morgan fingerprint density at radius 3 is 2.82 bits per heavy atom. The molecule has 0 atom stereocenters. The highest BCUT2D eigenvalue weighted by molar-refractivity contribution is 6.18. The lowest BCUT2D eigenvalue weighted by Crippen LogP contribution is -2.01. The van der Waals surface area contributed by atoms with Gasteiger partial charge in [0.2, 0.25) is 5.78 Å². The van der Waals surface area contributed by atoms with Crippen LogP contribution in [-0.4, -0.2) is 32.0 Å². The molecule has 0 fully saturated rings. The number of hydrogen-bond donors (Lipinski definition) is 2. The number of hydrogen-bond acceptors (Lipinski definition) is 5. The molecule has 0 amide bonds. The lowest BCUT2D eigenvalue weighted by Gasteiger charge is -2.06. The molecule has 0 radical (unpaired) electrons. The molecule has 138 valence electrons. The van der Waals surface area contributed by atoms with Crippen molar-refractivity contribution in [2.75, 3.05) is 0 Å². The molecular formula is C21H15N3O4. The minimum absolute atomic E-state index is 0.228. The lowest BCUT2D eigenvalue weighted by atomic mass is 9.97. The molecular weight excluding hydrogens is 358 g/mol. The number of carbonyl (C=O) groups is 2. The summed E-state index contributed by atoms with van der Waals surface area (Å²) in [4.78, 5) is 31.0. The van der Waals surface area contributed by atoms with Gasteiger partial charge in [0.25, 0.3) is 0 Å². The maximum Gasteiger partial charge on any atom is 0.328 e. The summed E-state index contributed by atoms with van der Waals surface area (Å²) in [6.45, 7) is 1.72. The number of aliphatic carboxylic acids is 1. The van der Waals surface area contributed by atoms with Crippen molar-refractivity contribution in [3.8, 4) is 11.1 Å². The fraction of sp³-hybridized carbons (Fsp3) is 0.0476. The smallest absolute Gasteiger partial charge is 0.328 e. The lowest BCUT2D eigenvalue weighted by molar-refractivity contribution is -0.131. The molecule has 4 aromatic rings. The molecule has 3 heterocycles. The predicted molar refractivity (Wildman–Crippen MR) is 103 cm³/mol. The van der Waals surface area contributed by atoms with Crippen molar-refractivity contribution in [1.29, 1.82) is 0 Å². The first-order valence-corrected chi connectivity index (χ1v) is 8.48. The van der Waals surface area contributed by atoms with Gasteiger partial charge < -0.3 is 14.6 Å². The van der Waals surface area contributed by atoms with E-state index in [1.165, 1.54) is 6.08 Å². The molecule has 1 aromatic carbocycles.